The fourth-order valence-corrected chi connectivity index (χ4v) is 3.10. The summed E-state index contributed by atoms with van der Waals surface area (Å²) >= 11 is 6.23. The molecule has 1 unspecified atom stereocenters. The molecule has 0 heterocycles. The Morgan fingerprint density at radius 3 is 2.39 bits per heavy atom. The van der Waals surface area contributed by atoms with Crippen molar-refractivity contribution in [1.29, 1.82) is 0 Å². The smallest absolute Gasteiger partial charge is 0.341 e. The largest absolute Gasteiger partial charge is 0.503 e. The van der Waals surface area contributed by atoms with Crippen LogP contribution in [0.25, 0.3) is 5.57 Å². The second kappa shape index (κ2) is 10.9. The molecule has 0 aliphatic carbocycles. The molecular weight excluding hydrogens is 439 g/mol. The second-order valence-corrected chi connectivity index (χ2v) is 6.49. The van der Waals surface area contributed by atoms with Crippen LogP contribution >= 0.6 is 11.6 Å². The number of aliphatic imine (C=N–C) groups is 1. The lowest BCUT2D eigenvalue weighted by Gasteiger charge is -2.17. The summed E-state index contributed by atoms with van der Waals surface area (Å²) in [5.74, 6) is -4.35. The van der Waals surface area contributed by atoms with E-state index in [2.05, 4.69) is 4.99 Å². The lowest BCUT2D eigenvalue weighted by atomic mass is 9.99. The van der Waals surface area contributed by atoms with Gasteiger partial charge in [0.1, 0.15) is 23.0 Å². The van der Waals surface area contributed by atoms with Crippen molar-refractivity contribution in [2.24, 2.45) is 4.99 Å². The van der Waals surface area contributed by atoms with Gasteiger partial charge in [0.2, 0.25) is 0 Å². The Kier molecular flexibility index (Phi) is 8.61. The fraction of sp³-hybridized carbons (Fsp3) is 0.238. The van der Waals surface area contributed by atoms with Gasteiger partial charge >= 0.3 is 5.97 Å². The van der Waals surface area contributed by atoms with Crippen molar-refractivity contribution in [3.63, 3.8) is 0 Å². The molecule has 0 spiro atoms. The third kappa shape index (κ3) is 5.63. The SMILES string of the molecule is CO/C=C(/C(=O)OC)c1cccc(Cl)c1C(O)N=C(COC)c1c(F)cc(F)cc1F. The lowest BCUT2D eigenvalue weighted by molar-refractivity contribution is -0.133. The van der Waals surface area contributed by atoms with Gasteiger partial charge in [0.25, 0.3) is 0 Å². The van der Waals surface area contributed by atoms with Crippen LogP contribution in [0.15, 0.2) is 41.6 Å². The summed E-state index contributed by atoms with van der Waals surface area (Å²) in [6, 6.07) is 5.35. The maximum Gasteiger partial charge on any atom is 0.341 e. The average Bonchev–Trinajstić information content (AvgIpc) is 2.70. The van der Waals surface area contributed by atoms with Crippen molar-refractivity contribution >= 4 is 28.9 Å². The van der Waals surface area contributed by atoms with E-state index in [1.807, 2.05) is 0 Å². The van der Waals surface area contributed by atoms with Crippen LogP contribution in [-0.2, 0) is 19.0 Å². The predicted molar refractivity (Wildman–Crippen MR) is 108 cm³/mol. The number of aliphatic hydroxyl groups is 1. The Hall–Kier alpha value is -2.88. The summed E-state index contributed by atoms with van der Waals surface area (Å²) in [4.78, 5) is 16.1. The highest BCUT2D eigenvalue weighted by Gasteiger charge is 2.25. The molecule has 0 saturated carbocycles. The normalized spacial score (nSPS) is 13.2. The van der Waals surface area contributed by atoms with Gasteiger partial charge in [-0.15, -0.1) is 0 Å². The summed E-state index contributed by atoms with van der Waals surface area (Å²) in [6.45, 7) is -0.409. The zero-order valence-electron chi connectivity index (χ0n) is 16.8. The van der Waals surface area contributed by atoms with Crippen molar-refractivity contribution < 1.29 is 37.3 Å². The van der Waals surface area contributed by atoms with Gasteiger partial charge in [-0.3, -0.25) is 4.99 Å². The first kappa shape index (κ1) is 24.4. The summed E-state index contributed by atoms with van der Waals surface area (Å²) in [6.07, 6.45) is -0.685. The molecule has 0 fully saturated rings. The predicted octanol–water partition coefficient (Wildman–Crippen LogP) is 4.04. The summed E-state index contributed by atoms with van der Waals surface area (Å²) in [5.41, 5.74) is -1.02. The van der Waals surface area contributed by atoms with E-state index in [-0.39, 0.29) is 27.4 Å². The number of esters is 1. The van der Waals surface area contributed by atoms with Gasteiger partial charge in [-0.25, -0.2) is 18.0 Å². The van der Waals surface area contributed by atoms with Crippen molar-refractivity contribution in [3.05, 3.63) is 75.8 Å². The highest BCUT2D eigenvalue weighted by Crippen LogP contribution is 2.33. The van der Waals surface area contributed by atoms with E-state index in [4.69, 9.17) is 25.8 Å². The van der Waals surface area contributed by atoms with Crippen molar-refractivity contribution in [2.45, 2.75) is 6.23 Å². The summed E-state index contributed by atoms with van der Waals surface area (Å²) in [7, 11) is 3.71. The summed E-state index contributed by atoms with van der Waals surface area (Å²) < 4.78 is 56.4. The lowest BCUT2D eigenvalue weighted by Crippen LogP contribution is -2.16. The van der Waals surface area contributed by atoms with E-state index >= 15 is 0 Å². The topological polar surface area (TPSA) is 77.4 Å². The quantitative estimate of drug-likeness (QED) is 0.280. The highest BCUT2D eigenvalue weighted by atomic mass is 35.5. The number of benzene rings is 2. The molecule has 0 aromatic heterocycles. The van der Waals surface area contributed by atoms with Crippen LogP contribution in [0.2, 0.25) is 5.02 Å². The van der Waals surface area contributed by atoms with Gasteiger partial charge in [0.15, 0.2) is 6.23 Å². The Bertz CT molecular complexity index is 1000. The Morgan fingerprint density at radius 1 is 1.19 bits per heavy atom. The van der Waals surface area contributed by atoms with E-state index in [0.717, 1.165) is 13.4 Å². The molecule has 6 nitrogen and oxygen atoms in total. The molecule has 166 valence electrons. The van der Waals surface area contributed by atoms with Gasteiger partial charge < -0.3 is 19.3 Å². The molecule has 2 aromatic rings. The fourth-order valence-electron chi connectivity index (χ4n) is 2.82. The number of aliphatic hydroxyl groups excluding tert-OH is 1. The van der Waals surface area contributed by atoms with Crippen molar-refractivity contribution in [3.8, 4) is 0 Å². The maximum absolute atomic E-state index is 14.3. The zero-order valence-corrected chi connectivity index (χ0v) is 17.5. The number of hydrogen-bond donors (Lipinski definition) is 1. The third-order valence-corrected chi connectivity index (χ3v) is 4.43. The minimum Gasteiger partial charge on any atom is -0.503 e. The minimum absolute atomic E-state index is 0.0106. The van der Waals surface area contributed by atoms with Crippen LogP contribution in [0.1, 0.15) is 22.9 Å². The molecule has 2 rings (SSSR count). The number of nitrogens with zero attached hydrogens (tertiary/aromatic N) is 1. The van der Waals surface area contributed by atoms with Gasteiger partial charge in [-0.05, 0) is 6.07 Å². The third-order valence-electron chi connectivity index (χ3n) is 4.10. The average molecular weight is 458 g/mol. The molecule has 31 heavy (non-hydrogen) atoms. The number of rotatable bonds is 8. The van der Waals surface area contributed by atoms with E-state index in [1.54, 1.807) is 0 Å². The van der Waals surface area contributed by atoms with Gasteiger partial charge in [-0.2, -0.15) is 0 Å². The van der Waals surface area contributed by atoms with Crippen molar-refractivity contribution in [1.82, 2.24) is 0 Å². The molecular formula is C21H19ClF3NO5. The van der Waals surface area contributed by atoms with Crippen LogP contribution in [-0.4, -0.2) is 44.7 Å². The van der Waals surface area contributed by atoms with Crippen LogP contribution in [0, 0.1) is 17.5 Å². The van der Waals surface area contributed by atoms with Gasteiger partial charge in [0, 0.05) is 35.4 Å². The molecule has 0 saturated heterocycles. The molecule has 10 heteroatoms. The standard InChI is InChI=1S/C21H19ClF3NO5/c1-29-9-13(21(28)31-3)12-5-4-6-14(22)18(12)20(27)26-17(10-30-2)19-15(24)7-11(23)8-16(19)25/h4-9,20,27H,10H2,1-3H3/b13-9+,26-17?. The molecule has 0 bridgehead atoms. The van der Waals surface area contributed by atoms with Gasteiger partial charge in [-0.1, -0.05) is 23.7 Å². The highest BCUT2D eigenvalue weighted by molar-refractivity contribution is 6.32. The number of methoxy groups -OCH3 is 3. The first-order valence-electron chi connectivity index (χ1n) is 8.73. The molecule has 0 aliphatic heterocycles. The van der Waals surface area contributed by atoms with E-state index < -0.39 is 41.8 Å². The van der Waals surface area contributed by atoms with Crippen LogP contribution in [0.4, 0.5) is 13.2 Å². The first-order valence-corrected chi connectivity index (χ1v) is 9.11. The molecule has 1 N–H and O–H groups in total. The number of ether oxygens (including phenoxy) is 3. The zero-order chi connectivity index (χ0) is 23.1. The molecule has 2 aromatic carbocycles. The molecule has 1 atom stereocenters. The maximum atomic E-state index is 14.3. The minimum atomic E-state index is -1.78. The number of carbonyl (C=O) groups excluding carboxylic acids is 1. The molecule has 0 aliphatic rings. The van der Waals surface area contributed by atoms with E-state index in [1.165, 1.54) is 32.4 Å². The number of hydrogen-bond acceptors (Lipinski definition) is 6. The second-order valence-electron chi connectivity index (χ2n) is 6.09. The molecule has 0 radical (unpaired) electrons. The summed E-state index contributed by atoms with van der Waals surface area (Å²) in [5, 5.41) is 10.8. The molecule has 0 amide bonds. The van der Waals surface area contributed by atoms with Crippen LogP contribution < -0.4 is 0 Å². The van der Waals surface area contributed by atoms with Crippen molar-refractivity contribution in [2.75, 3.05) is 27.9 Å². The monoisotopic (exact) mass is 457 g/mol. The van der Waals surface area contributed by atoms with E-state index in [9.17, 15) is 23.1 Å². The Labute approximate surface area is 181 Å². The Morgan fingerprint density at radius 2 is 1.84 bits per heavy atom. The number of carbonyl (C=O) groups is 1. The van der Waals surface area contributed by atoms with E-state index in [0.29, 0.717) is 12.1 Å². The number of halogens is 4. The first-order chi connectivity index (χ1) is 14.7. The van der Waals surface area contributed by atoms with Crippen LogP contribution in [0.5, 0.6) is 0 Å². The Balaban J connectivity index is 2.67. The van der Waals surface area contributed by atoms with Gasteiger partial charge in [0.05, 0.1) is 38.4 Å². The van der Waals surface area contributed by atoms with Crippen LogP contribution in [0.3, 0.4) is 0 Å².